The van der Waals surface area contributed by atoms with Gasteiger partial charge in [-0.3, -0.25) is 0 Å². The van der Waals surface area contributed by atoms with Crippen molar-refractivity contribution < 1.29 is 4.39 Å². The summed E-state index contributed by atoms with van der Waals surface area (Å²) in [5.74, 6) is 0.589. The minimum Gasteiger partial charge on any atom is -0.207 e. The van der Waals surface area contributed by atoms with E-state index in [1.165, 1.54) is 6.07 Å². The lowest BCUT2D eigenvalue weighted by Crippen LogP contribution is -1.83. The molecule has 0 unspecified atom stereocenters. The van der Waals surface area contributed by atoms with Crippen molar-refractivity contribution in [3.8, 4) is 6.07 Å². The Morgan fingerprint density at radius 3 is 2.92 bits per heavy atom. The van der Waals surface area contributed by atoms with Crippen LogP contribution in [0.5, 0.6) is 0 Å². The number of nitrogens with zero attached hydrogens (tertiary/aromatic N) is 1. The van der Waals surface area contributed by atoms with Gasteiger partial charge >= 0.3 is 0 Å². The topological polar surface area (TPSA) is 23.8 Å². The molecule has 1 aromatic carbocycles. The SMILES string of the molecule is Cc1cc(SCCC#N)ccc1F. The van der Waals surface area contributed by atoms with E-state index >= 15 is 0 Å². The van der Waals surface area contributed by atoms with Gasteiger partial charge in [-0.15, -0.1) is 11.8 Å². The van der Waals surface area contributed by atoms with Crippen LogP contribution in [0.2, 0.25) is 0 Å². The first-order valence-corrected chi connectivity index (χ1v) is 4.98. The molecule has 0 saturated carbocycles. The first kappa shape index (κ1) is 10.1. The van der Waals surface area contributed by atoms with Crippen LogP contribution in [0.3, 0.4) is 0 Å². The quantitative estimate of drug-likeness (QED) is 0.546. The van der Waals surface area contributed by atoms with Gasteiger partial charge in [-0.2, -0.15) is 5.26 Å². The van der Waals surface area contributed by atoms with Gasteiger partial charge < -0.3 is 0 Å². The number of benzene rings is 1. The summed E-state index contributed by atoms with van der Waals surface area (Å²) < 4.78 is 12.8. The molecule has 68 valence electrons. The van der Waals surface area contributed by atoms with Crippen molar-refractivity contribution in [2.24, 2.45) is 0 Å². The molecule has 1 rings (SSSR count). The Morgan fingerprint density at radius 1 is 1.54 bits per heavy atom. The molecular weight excluding hydrogens is 185 g/mol. The molecule has 3 heteroatoms. The van der Waals surface area contributed by atoms with E-state index in [0.717, 1.165) is 10.6 Å². The van der Waals surface area contributed by atoms with Crippen molar-refractivity contribution in [2.45, 2.75) is 18.2 Å². The molecule has 0 aromatic heterocycles. The number of thioether (sulfide) groups is 1. The molecule has 0 N–H and O–H groups in total. The zero-order chi connectivity index (χ0) is 9.68. The van der Waals surface area contributed by atoms with E-state index in [1.54, 1.807) is 30.8 Å². The van der Waals surface area contributed by atoms with Gasteiger partial charge in [0, 0.05) is 17.1 Å². The van der Waals surface area contributed by atoms with Gasteiger partial charge in [0.15, 0.2) is 0 Å². The fourth-order valence-corrected chi connectivity index (χ4v) is 1.77. The minimum absolute atomic E-state index is 0.176. The van der Waals surface area contributed by atoms with Crippen LogP contribution in [-0.2, 0) is 0 Å². The third-order valence-corrected chi connectivity index (χ3v) is 2.61. The zero-order valence-corrected chi connectivity index (χ0v) is 8.20. The van der Waals surface area contributed by atoms with Crippen molar-refractivity contribution in [3.63, 3.8) is 0 Å². The minimum atomic E-state index is -0.176. The summed E-state index contributed by atoms with van der Waals surface area (Å²) in [6, 6.07) is 7.07. The van der Waals surface area contributed by atoms with Crippen LogP contribution in [0, 0.1) is 24.1 Å². The maximum Gasteiger partial charge on any atom is 0.126 e. The normalized spacial score (nSPS) is 9.62. The Hall–Kier alpha value is -1.01. The summed E-state index contributed by atoms with van der Waals surface area (Å²) in [6.07, 6.45) is 0.529. The monoisotopic (exact) mass is 195 g/mol. The second kappa shape index (κ2) is 4.88. The van der Waals surface area contributed by atoms with Crippen molar-refractivity contribution in [1.82, 2.24) is 0 Å². The van der Waals surface area contributed by atoms with Gasteiger partial charge in [0.25, 0.3) is 0 Å². The Kier molecular flexibility index (Phi) is 3.78. The van der Waals surface area contributed by atoms with E-state index in [1.807, 2.05) is 0 Å². The van der Waals surface area contributed by atoms with Crippen LogP contribution in [0.1, 0.15) is 12.0 Å². The molecule has 0 bridgehead atoms. The third-order valence-electron chi connectivity index (χ3n) is 1.61. The van der Waals surface area contributed by atoms with E-state index in [0.29, 0.717) is 12.0 Å². The highest BCUT2D eigenvalue weighted by atomic mass is 32.2. The van der Waals surface area contributed by atoms with Crippen molar-refractivity contribution in [2.75, 3.05) is 5.75 Å². The Morgan fingerprint density at radius 2 is 2.31 bits per heavy atom. The highest BCUT2D eigenvalue weighted by Gasteiger charge is 1.98. The van der Waals surface area contributed by atoms with E-state index in [9.17, 15) is 4.39 Å². The van der Waals surface area contributed by atoms with Crippen molar-refractivity contribution in [1.29, 1.82) is 5.26 Å². The Balaban J connectivity index is 2.59. The standard InChI is InChI=1S/C10H10FNS/c1-8-7-9(3-4-10(8)11)13-6-2-5-12/h3-4,7H,2,6H2,1H3. The summed E-state index contributed by atoms with van der Waals surface area (Å²) in [4.78, 5) is 1.02. The van der Waals surface area contributed by atoms with Crippen molar-refractivity contribution >= 4 is 11.8 Å². The van der Waals surface area contributed by atoms with E-state index in [-0.39, 0.29) is 5.82 Å². The molecule has 0 amide bonds. The molecule has 1 nitrogen and oxygen atoms in total. The molecule has 0 aliphatic heterocycles. The zero-order valence-electron chi connectivity index (χ0n) is 7.38. The summed E-state index contributed by atoms with van der Waals surface area (Å²) in [5, 5.41) is 8.32. The molecular formula is C10H10FNS. The Labute approximate surface area is 81.6 Å². The molecule has 0 aliphatic rings. The lowest BCUT2D eigenvalue weighted by Gasteiger charge is -2.00. The molecule has 0 atom stereocenters. The van der Waals surface area contributed by atoms with E-state index in [4.69, 9.17) is 5.26 Å². The van der Waals surface area contributed by atoms with E-state index < -0.39 is 0 Å². The van der Waals surface area contributed by atoms with Crippen LogP contribution in [-0.4, -0.2) is 5.75 Å². The largest absolute Gasteiger partial charge is 0.207 e. The number of hydrogen-bond donors (Lipinski definition) is 0. The third kappa shape index (κ3) is 3.08. The predicted molar refractivity (Wildman–Crippen MR) is 52.1 cm³/mol. The first-order chi connectivity index (χ1) is 6.24. The Bertz CT molecular complexity index is 330. The second-order valence-electron chi connectivity index (χ2n) is 2.67. The smallest absolute Gasteiger partial charge is 0.126 e. The summed E-state index contributed by atoms with van der Waals surface area (Å²) in [5.41, 5.74) is 0.655. The average molecular weight is 195 g/mol. The van der Waals surface area contributed by atoms with Gasteiger partial charge in [-0.1, -0.05) is 0 Å². The first-order valence-electron chi connectivity index (χ1n) is 4.00. The van der Waals surface area contributed by atoms with Crippen LogP contribution in [0.4, 0.5) is 4.39 Å². The number of halogens is 1. The lowest BCUT2D eigenvalue weighted by molar-refractivity contribution is 0.617. The van der Waals surface area contributed by atoms with Gasteiger partial charge in [0.1, 0.15) is 5.82 Å². The number of nitriles is 1. The van der Waals surface area contributed by atoms with Crippen LogP contribution in [0.25, 0.3) is 0 Å². The molecule has 0 fully saturated rings. The fraction of sp³-hybridized carbons (Fsp3) is 0.300. The van der Waals surface area contributed by atoms with Gasteiger partial charge in [-0.25, -0.2) is 4.39 Å². The summed E-state index contributed by atoms with van der Waals surface area (Å²) in [7, 11) is 0. The molecule has 0 aliphatic carbocycles. The van der Waals surface area contributed by atoms with Gasteiger partial charge in [0.2, 0.25) is 0 Å². The number of rotatable bonds is 3. The fourth-order valence-electron chi connectivity index (χ4n) is 0.921. The van der Waals surface area contributed by atoms with Crippen LogP contribution >= 0.6 is 11.8 Å². The second-order valence-corrected chi connectivity index (χ2v) is 3.84. The maximum absolute atomic E-state index is 12.8. The van der Waals surface area contributed by atoms with E-state index in [2.05, 4.69) is 6.07 Å². The average Bonchev–Trinajstić information content (AvgIpc) is 2.12. The molecule has 0 spiro atoms. The lowest BCUT2D eigenvalue weighted by atomic mass is 10.2. The molecule has 1 aromatic rings. The van der Waals surface area contributed by atoms with Gasteiger partial charge in [0.05, 0.1) is 6.07 Å². The molecule has 13 heavy (non-hydrogen) atoms. The van der Waals surface area contributed by atoms with Gasteiger partial charge in [-0.05, 0) is 30.7 Å². The highest BCUT2D eigenvalue weighted by molar-refractivity contribution is 7.99. The molecule has 0 heterocycles. The van der Waals surface area contributed by atoms with Crippen LogP contribution < -0.4 is 0 Å². The molecule has 0 radical (unpaired) electrons. The highest BCUT2D eigenvalue weighted by Crippen LogP contribution is 2.20. The number of aryl methyl sites for hydroxylation is 1. The number of hydrogen-bond acceptors (Lipinski definition) is 2. The molecule has 0 saturated heterocycles. The summed E-state index contributed by atoms with van der Waals surface area (Å²) in [6.45, 7) is 1.74. The van der Waals surface area contributed by atoms with Crippen LogP contribution in [0.15, 0.2) is 23.1 Å². The van der Waals surface area contributed by atoms with Crippen molar-refractivity contribution in [3.05, 3.63) is 29.6 Å². The predicted octanol–water partition coefficient (Wildman–Crippen LogP) is 3.14. The maximum atomic E-state index is 12.8. The summed E-state index contributed by atoms with van der Waals surface area (Å²) >= 11 is 1.58.